The molecule has 1 heterocycles. The first kappa shape index (κ1) is 14.0. The Morgan fingerprint density at radius 2 is 2.29 bits per heavy atom. The molecule has 1 aromatic rings. The van der Waals surface area contributed by atoms with Gasteiger partial charge in [0.15, 0.2) is 5.82 Å². The number of hydrogen-bond acceptors (Lipinski definition) is 5. The molecule has 0 aliphatic carbocycles. The van der Waals surface area contributed by atoms with E-state index >= 15 is 0 Å². The van der Waals surface area contributed by atoms with Crippen LogP contribution in [0.5, 0.6) is 0 Å². The van der Waals surface area contributed by atoms with Crippen LogP contribution < -0.4 is 10.6 Å². The van der Waals surface area contributed by atoms with Crippen molar-refractivity contribution in [2.75, 3.05) is 30.9 Å². The molecule has 1 aromatic heterocycles. The molecule has 0 fully saturated rings. The molecular weight excluding hydrogens is 240 g/mol. The number of anilines is 2. The minimum atomic E-state index is 0.208. The topological polar surface area (TPSA) is 64.3 Å². The van der Waals surface area contributed by atoms with Gasteiger partial charge in [0, 0.05) is 19.7 Å². The molecule has 0 spiro atoms. The molecular formula is C11H19ClN4O. The fraction of sp³-hybridized carbons (Fsp3) is 0.636. The number of hydrogen-bond donors (Lipinski definition) is 1. The van der Waals surface area contributed by atoms with Crippen LogP contribution in [0.15, 0.2) is 6.20 Å². The van der Waals surface area contributed by atoms with E-state index in [9.17, 15) is 0 Å². The van der Waals surface area contributed by atoms with E-state index in [4.69, 9.17) is 22.1 Å². The molecule has 5 nitrogen and oxygen atoms in total. The predicted molar refractivity (Wildman–Crippen MR) is 70.4 cm³/mol. The minimum Gasteiger partial charge on any atom is -0.394 e. The summed E-state index contributed by atoms with van der Waals surface area (Å²) in [6, 6.07) is 0.318. The SMILES string of the molecule is CCC(C)N(CCOC)c1nc(Cl)ncc1N. The van der Waals surface area contributed by atoms with Crippen LogP contribution in [0.4, 0.5) is 11.5 Å². The van der Waals surface area contributed by atoms with Gasteiger partial charge in [-0.3, -0.25) is 0 Å². The zero-order chi connectivity index (χ0) is 12.8. The summed E-state index contributed by atoms with van der Waals surface area (Å²) in [5, 5.41) is 0.208. The first-order valence-corrected chi connectivity index (χ1v) is 6.01. The largest absolute Gasteiger partial charge is 0.394 e. The highest BCUT2D eigenvalue weighted by atomic mass is 35.5. The number of rotatable bonds is 6. The van der Waals surface area contributed by atoms with Gasteiger partial charge >= 0.3 is 0 Å². The van der Waals surface area contributed by atoms with E-state index in [-0.39, 0.29) is 5.28 Å². The number of nitrogens with two attached hydrogens (primary N) is 1. The number of methoxy groups -OCH3 is 1. The van der Waals surface area contributed by atoms with Crippen molar-refractivity contribution < 1.29 is 4.74 Å². The summed E-state index contributed by atoms with van der Waals surface area (Å²) in [5.74, 6) is 0.677. The summed E-state index contributed by atoms with van der Waals surface area (Å²) >= 11 is 5.81. The van der Waals surface area contributed by atoms with E-state index in [1.807, 2.05) is 0 Å². The lowest BCUT2D eigenvalue weighted by Gasteiger charge is -2.30. The zero-order valence-corrected chi connectivity index (χ0v) is 11.2. The first-order chi connectivity index (χ1) is 8.10. The second kappa shape index (κ2) is 6.61. The average Bonchev–Trinajstić information content (AvgIpc) is 2.33. The van der Waals surface area contributed by atoms with Crippen LogP contribution in [0.1, 0.15) is 20.3 Å². The van der Waals surface area contributed by atoms with Gasteiger partial charge in [-0.1, -0.05) is 6.92 Å². The Morgan fingerprint density at radius 3 is 2.88 bits per heavy atom. The summed E-state index contributed by atoms with van der Waals surface area (Å²) in [4.78, 5) is 10.1. The van der Waals surface area contributed by atoms with Gasteiger partial charge in [0.25, 0.3) is 0 Å². The molecule has 0 saturated heterocycles. The van der Waals surface area contributed by atoms with Crippen molar-refractivity contribution in [3.05, 3.63) is 11.5 Å². The molecule has 0 bridgehead atoms. The van der Waals surface area contributed by atoms with Gasteiger partial charge in [-0.05, 0) is 24.9 Å². The van der Waals surface area contributed by atoms with Crippen molar-refractivity contribution in [3.63, 3.8) is 0 Å². The number of nitrogens with zero attached hydrogens (tertiary/aromatic N) is 3. The lowest BCUT2D eigenvalue weighted by atomic mass is 10.2. The highest BCUT2D eigenvalue weighted by Crippen LogP contribution is 2.23. The Hall–Kier alpha value is -1.07. The van der Waals surface area contributed by atoms with E-state index in [0.717, 1.165) is 13.0 Å². The first-order valence-electron chi connectivity index (χ1n) is 5.63. The molecule has 1 unspecified atom stereocenters. The number of aromatic nitrogens is 2. The summed E-state index contributed by atoms with van der Waals surface area (Å²) < 4.78 is 5.10. The molecule has 96 valence electrons. The Labute approximate surface area is 107 Å². The van der Waals surface area contributed by atoms with Crippen molar-refractivity contribution in [1.29, 1.82) is 0 Å². The Balaban J connectivity index is 2.98. The molecule has 2 N–H and O–H groups in total. The molecule has 0 amide bonds. The van der Waals surface area contributed by atoms with Crippen LogP contribution in [-0.4, -0.2) is 36.3 Å². The van der Waals surface area contributed by atoms with Gasteiger partial charge in [0.2, 0.25) is 5.28 Å². The summed E-state index contributed by atoms with van der Waals surface area (Å²) in [6.45, 7) is 5.57. The van der Waals surface area contributed by atoms with Gasteiger partial charge in [0.05, 0.1) is 18.5 Å². The fourth-order valence-corrected chi connectivity index (χ4v) is 1.67. The predicted octanol–water partition coefficient (Wildman–Crippen LogP) is 1.96. The van der Waals surface area contributed by atoms with Crippen molar-refractivity contribution in [2.45, 2.75) is 26.3 Å². The Kier molecular flexibility index (Phi) is 5.44. The average molecular weight is 259 g/mol. The molecule has 0 radical (unpaired) electrons. The molecule has 1 atom stereocenters. The highest BCUT2D eigenvalue weighted by molar-refractivity contribution is 6.28. The Morgan fingerprint density at radius 1 is 1.59 bits per heavy atom. The van der Waals surface area contributed by atoms with Crippen LogP contribution in [0, 0.1) is 0 Å². The van der Waals surface area contributed by atoms with Crippen LogP contribution in [-0.2, 0) is 4.74 Å². The molecule has 0 aromatic carbocycles. The molecule has 1 rings (SSSR count). The molecule has 0 aliphatic rings. The second-order valence-corrected chi connectivity index (χ2v) is 4.20. The lowest BCUT2D eigenvalue weighted by Crippen LogP contribution is -2.36. The van der Waals surface area contributed by atoms with Crippen molar-refractivity contribution in [2.24, 2.45) is 0 Å². The standard InChI is InChI=1S/C11H19ClN4O/c1-4-8(2)16(5-6-17-3)10-9(13)7-14-11(12)15-10/h7-8H,4-6,13H2,1-3H3. The van der Waals surface area contributed by atoms with Gasteiger partial charge in [-0.25, -0.2) is 4.98 Å². The third-order valence-corrected chi connectivity index (χ3v) is 2.88. The molecule has 6 heteroatoms. The smallest absolute Gasteiger partial charge is 0.224 e. The molecule has 0 aliphatic heterocycles. The van der Waals surface area contributed by atoms with Crippen LogP contribution in [0.3, 0.4) is 0 Å². The fourth-order valence-electron chi connectivity index (χ4n) is 1.54. The minimum absolute atomic E-state index is 0.208. The van der Waals surface area contributed by atoms with Gasteiger partial charge in [-0.15, -0.1) is 0 Å². The normalized spacial score (nSPS) is 12.5. The van der Waals surface area contributed by atoms with E-state index < -0.39 is 0 Å². The molecule has 0 saturated carbocycles. The monoisotopic (exact) mass is 258 g/mol. The van der Waals surface area contributed by atoms with Gasteiger partial charge in [0.1, 0.15) is 0 Å². The van der Waals surface area contributed by atoms with Gasteiger partial charge in [-0.2, -0.15) is 4.98 Å². The third kappa shape index (κ3) is 3.71. The molecule has 17 heavy (non-hydrogen) atoms. The van der Waals surface area contributed by atoms with Crippen molar-refractivity contribution >= 4 is 23.1 Å². The maximum atomic E-state index is 5.89. The number of halogens is 1. The van der Waals surface area contributed by atoms with Crippen molar-refractivity contribution in [1.82, 2.24) is 9.97 Å². The zero-order valence-electron chi connectivity index (χ0n) is 10.5. The maximum Gasteiger partial charge on any atom is 0.224 e. The van der Waals surface area contributed by atoms with Crippen molar-refractivity contribution in [3.8, 4) is 0 Å². The summed E-state index contributed by atoms with van der Waals surface area (Å²) in [7, 11) is 1.67. The van der Waals surface area contributed by atoms with Crippen LogP contribution in [0.2, 0.25) is 5.28 Å². The van der Waals surface area contributed by atoms with Crippen LogP contribution >= 0.6 is 11.6 Å². The highest BCUT2D eigenvalue weighted by Gasteiger charge is 2.17. The quantitative estimate of drug-likeness (QED) is 0.791. The van der Waals surface area contributed by atoms with E-state index in [2.05, 4.69) is 28.7 Å². The summed E-state index contributed by atoms with van der Waals surface area (Å²) in [5.41, 5.74) is 6.42. The number of ether oxygens (including phenoxy) is 1. The second-order valence-electron chi connectivity index (χ2n) is 3.86. The summed E-state index contributed by atoms with van der Waals surface area (Å²) in [6.07, 6.45) is 2.53. The third-order valence-electron chi connectivity index (χ3n) is 2.70. The van der Waals surface area contributed by atoms with Crippen LogP contribution in [0.25, 0.3) is 0 Å². The van der Waals surface area contributed by atoms with Gasteiger partial charge < -0.3 is 15.4 Å². The Bertz CT molecular complexity index is 361. The maximum absolute atomic E-state index is 5.89. The number of nitrogen functional groups attached to an aromatic ring is 1. The van der Waals surface area contributed by atoms with E-state index in [0.29, 0.717) is 24.2 Å². The van der Waals surface area contributed by atoms with E-state index in [1.54, 1.807) is 7.11 Å². The lowest BCUT2D eigenvalue weighted by molar-refractivity contribution is 0.203. The van der Waals surface area contributed by atoms with E-state index in [1.165, 1.54) is 6.20 Å².